The zero-order valence-electron chi connectivity index (χ0n) is 10.0. The number of carbonyl (C=O) groups is 2. The third kappa shape index (κ3) is 2.63. The first kappa shape index (κ1) is 11.6. The maximum Gasteiger partial charge on any atom is 0.223 e. The molecule has 0 aromatic carbocycles. The van der Waals surface area contributed by atoms with E-state index in [9.17, 15) is 9.59 Å². The average Bonchev–Trinajstić information content (AvgIpc) is 3.00. The molecule has 2 atom stereocenters. The number of likely N-dealkylation sites (tertiary alicyclic amines) is 1. The van der Waals surface area contributed by atoms with Crippen LogP contribution in [0.4, 0.5) is 0 Å². The first-order valence-electron chi connectivity index (χ1n) is 6.49. The molecule has 1 saturated heterocycles. The van der Waals surface area contributed by atoms with E-state index in [1.165, 1.54) is 12.8 Å². The number of hydrogen-bond donors (Lipinski definition) is 0. The maximum atomic E-state index is 11.8. The molecule has 1 aliphatic carbocycles. The predicted octanol–water partition coefficient (Wildman–Crippen LogP) is 2.00. The molecule has 2 aliphatic rings. The second kappa shape index (κ2) is 4.98. The van der Waals surface area contributed by atoms with Gasteiger partial charge in [0.25, 0.3) is 0 Å². The number of rotatable bonds is 6. The lowest BCUT2D eigenvalue weighted by molar-refractivity contribution is -0.133. The van der Waals surface area contributed by atoms with Crippen LogP contribution in [-0.2, 0) is 9.59 Å². The van der Waals surface area contributed by atoms with Crippen LogP contribution < -0.4 is 0 Å². The minimum absolute atomic E-state index is 0.137. The smallest absolute Gasteiger partial charge is 0.223 e. The molecule has 3 heteroatoms. The number of aldehydes is 1. The summed E-state index contributed by atoms with van der Waals surface area (Å²) in [4.78, 5) is 24.7. The molecule has 16 heavy (non-hydrogen) atoms. The van der Waals surface area contributed by atoms with E-state index in [-0.39, 0.29) is 11.9 Å². The van der Waals surface area contributed by atoms with Gasteiger partial charge in [0.15, 0.2) is 0 Å². The quantitative estimate of drug-likeness (QED) is 0.646. The Balaban J connectivity index is 1.90. The summed E-state index contributed by atoms with van der Waals surface area (Å²) in [5.74, 6) is 1.38. The van der Waals surface area contributed by atoms with Crippen molar-refractivity contribution in [3.63, 3.8) is 0 Å². The van der Waals surface area contributed by atoms with E-state index < -0.39 is 0 Å². The van der Waals surface area contributed by atoms with E-state index in [0.29, 0.717) is 18.3 Å². The lowest BCUT2D eigenvalue weighted by Crippen LogP contribution is -2.38. The summed E-state index contributed by atoms with van der Waals surface area (Å²) in [7, 11) is 0. The number of carbonyl (C=O) groups excluding carboxylic acids is 2. The number of hydrogen-bond acceptors (Lipinski definition) is 2. The van der Waals surface area contributed by atoms with E-state index in [1.807, 2.05) is 4.90 Å². The van der Waals surface area contributed by atoms with Crippen molar-refractivity contribution in [2.75, 3.05) is 6.54 Å². The van der Waals surface area contributed by atoms with Gasteiger partial charge in [0.1, 0.15) is 6.29 Å². The summed E-state index contributed by atoms with van der Waals surface area (Å²) in [5.41, 5.74) is 0. The van der Waals surface area contributed by atoms with E-state index in [0.717, 1.165) is 32.1 Å². The monoisotopic (exact) mass is 223 g/mol. The van der Waals surface area contributed by atoms with Crippen molar-refractivity contribution in [3.05, 3.63) is 0 Å². The molecule has 0 spiro atoms. The molecule has 1 heterocycles. The highest BCUT2D eigenvalue weighted by Crippen LogP contribution is 2.35. The highest BCUT2D eigenvalue weighted by molar-refractivity contribution is 5.82. The normalized spacial score (nSPS) is 27.2. The average molecular weight is 223 g/mol. The molecule has 0 aromatic heterocycles. The molecule has 0 N–H and O–H groups in total. The van der Waals surface area contributed by atoms with Crippen molar-refractivity contribution in [3.8, 4) is 0 Å². The third-order valence-corrected chi connectivity index (χ3v) is 3.76. The minimum Gasteiger partial charge on any atom is -0.333 e. The molecule has 1 aliphatic heterocycles. The van der Waals surface area contributed by atoms with Crippen LogP contribution in [0.3, 0.4) is 0 Å². The molecular weight excluding hydrogens is 202 g/mol. The van der Waals surface area contributed by atoms with Crippen LogP contribution in [0.2, 0.25) is 0 Å². The summed E-state index contributed by atoms with van der Waals surface area (Å²) in [6.07, 6.45) is 7.24. The molecule has 90 valence electrons. The summed E-state index contributed by atoms with van der Waals surface area (Å²) in [5, 5.41) is 0. The van der Waals surface area contributed by atoms with Gasteiger partial charge in [0.2, 0.25) is 5.91 Å². The van der Waals surface area contributed by atoms with E-state index in [1.54, 1.807) is 0 Å². The van der Waals surface area contributed by atoms with Crippen molar-refractivity contribution in [2.24, 2.45) is 11.8 Å². The first-order valence-corrected chi connectivity index (χ1v) is 6.49. The molecule has 3 nitrogen and oxygen atoms in total. The second-order valence-electron chi connectivity index (χ2n) is 5.29. The fourth-order valence-electron chi connectivity index (χ4n) is 2.68. The fourth-order valence-corrected chi connectivity index (χ4v) is 2.68. The number of amides is 1. The summed E-state index contributed by atoms with van der Waals surface area (Å²) < 4.78 is 0. The van der Waals surface area contributed by atoms with Gasteiger partial charge >= 0.3 is 0 Å². The van der Waals surface area contributed by atoms with Crippen molar-refractivity contribution in [2.45, 2.75) is 51.5 Å². The number of nitrogens with zero attached hydrogens (tertiary/aromatic N) is 1. The van der Waals surface area contributed by atoms with Gasteiger partial charge in [-0.1, -0.05) is 26.2 Å². The Morgan fingerprint density at radius 3 is 2.75 bits per heavy atom. The molecule has 2 fully saturated rings. The third-order valence-electron chi connectivity index (χ3n) is 3.76. The van der Waals surface area contributed by atoms with Crippen LogP contribution >= 0.6 is 0 Å². The molecule has 0 bridgehead atoms. The standard InChI is InChI=1S/C13H21NO2/c1-2-3-11-7-13(16)14(8-11)12(9-15)6-10-4-5-10/h9-12H,2-8H2,1H3. The summed E-state index contributed by atoms with van der Waals surface area (Å²) in [6.45, 7) is 2.96. The topological polar surface area (TPSA) is 37.4 Å². The van der Waals surface area contributed by atoms with Gasteiger partial charge < -0.3 is 9.69 Å². The molecule has 1 amide bonds. The Bertz CT molecular complexity index is 273. The largest absolute Gasteiger partial charge is 0.333 e. The molecule has 2 rings (SSSR count). The van der Waals surface area contributed by atoms with E-state index in [4.69, 9.17) is 0 Å². The Morgan fingerprint density at radius 1 is 1.44 bits per heavy atom. The fraction of sp³-hybridized carbons (Fsp3) is 0.846. The van der Waals surface area contributed by atoms with Crippen LogP contribution in [0, 0.1) is 11.8 Å². The van der Waals surface area contributed by atoms with Crippen LogP contribution in [0.15, 0.2) is 0 Å². The van der Waals surface area contributed by atoms with Gasteiger partial charge in [-0.05, 0) is 24.7 Å². The lowest BCUT2D eigenvalue weighted by atomic mass is 10.0. The van der Waals surface area contributed by atoms with Crippen molar-refractivity contribution in [1.82, 2.24) is 4.90 Å². The highest BCUT2D eigenvalue weighted by atomic mass is 16.2. The van der Waals surface area contributed by atoms with Crippen molar-refractivity contribution < 1.29 is 9.59 Å². The van der Waals surface area contributed by atoms with Gasteiger partial charge in [-0.15, -0.1) is 0 Å². The Hall–Kier alpha value is -0.860. The summed E-state index contributed by atoms with van der Waals surface area (Å²) >= 11 is 0. The second-order valence-corrected chi connectivity index (χ2v) is 5.29. The highest BCUT2D eigenvalue weighted by Gasteiger charge is 2.36. The Morgan fingerprint density at radius 2 is 2.19 bits per heavy atom. The van der Waals surface area contributed by atoms with Crippen molar-refractivity contribution >= 4 is 12.2 Å². The van der Waals surface area contributed by atoms with E-state index in [2.05, 4.69) is 6.92 Å². The maximum absolute atomic E-state index is 11.8. The van der Waals surface area contributed by atoms with Crippen LogP contribution in [0.1, 0.15) is 45.4 Å². The van der Waals surface area contributed by atoms with Crippen LogP contribution in [0.5, 0.6) is 0 Å². The Labute approximate surface area is 97.2 Å². The molecular formula is C13H21NO2. The SMILES string of the molecule is CCCC1CC(=O)N(C(C=O)CC2CC2)C1. The van der Waals surface area contributed by atoms with Gasteiger partial charge in [0, 0.05) is 13.0 Å². The molecule has 1 saturated carbocycles. The molecule has 0 aromatic rings. The van der Waals surface area contributed by atoms with Gasteiger partial charge in [-0.3, -0.25) is 4.79 Å². The predicted molar refractivity (Wildman–Crippen MR) is 61.9 cm³/mol. The van der Waals surface area contributed by atoms with Crippen molar-refractivity contribution in [1.29, 1.82) is 0 Å². The van der Waals surface area contributed by atoms with Gasteiger partial charge in [0.05, 0.1) is 6.04 Å². The lowest BCUT2D eigenvalue weighted by Gasteiger charge is -2.23. The summed E-state index contributed by atoms with van der Waals surface area (Å²) in [6, 6.07) is -0.137. The molecule has 2 unspecified atom stereocenters. The van der Waals surface area contributed by atoms with Gasteiger partial charge in [-0.2, -0.15) is 0 Å². The van der Waals surface area contributed by atoms with Crippen LogP contribution in [-0.4, -0.2) is 29.7 Å². The minimum atomic E-state index is -0.137. The zero-order valence-corrected chi connectivity index (χ0v) is 10.0. The van der Waals surface area contributed by atoms with E-state index >= 15 is 0 Å². The Kier molecular flexibility index (Phi) is 3.62. The first-order chi connectivity index (χ1) is 7.74. The van der Waals surface area contributed by atoms with Gasteiger partial charge in [-0.25, -0.2) is 0 Å². The molecule has 0 radical (unpaired) electrons. The zero-order chi connectivity index (χ0) is 11.5. The van der Waals surface area contributed by atoms with Crippen LogP contribution in [0.25, 0.3) is 0 Å².